The Labute approximate surface area is 144 Å². The Kier molecular flexibility index (Phi) is 3.88. The molecule has 2 aromatic heterocycles. The van der Waals surface area contributed by atoms with E-state index in [4.69, 9.17) is 0 Å². The first-order valence-corrected chi connectivity index (χ1v) is 9.26. The van der Waals surface area contributed by atoms with Crippen LogP contribution in [0.5, 0.6) is 0 Å². The molecule has 1 aliphatic rings. The molecular formula is C19H20N2O2S. The topological polar surface area (TPSA) is 44.0 Å². The van der Waals surface area contributed by atoms with E-state index in [0.717, 1.165) is 35.0 Å². The number of benzene rings is 1. The number of hydrogen-bond acceptors (Lipinski definition) is 3. The maximum Gasteiger partial charge on any atom is 0.331 e. The molecule has 1 aliphatic carbocycles. The van der Waals surface area contributed by atoms with Crippen LogP contribution in [0.4, 0.5) is 0 Å². The lowest BCUT2D eigenvalue weighted by atomic mass is 9.97. The summed E-state index contributed by atoms with van der Waals surface area (Å²) in [5.74, 6) is 0. The van der Waals surface area contributed by atoms with Crippen molar-refractivity contribution in [2.45, 2.75) is 38.6 Å². The molecule has 24 heavy (non-hydrogen) atoms. The van der Waals surface area contributed by atoms with Gasteiger partial charge in [-0.1, -0.05) is 30.3 Å². The van der Waals surface area contributed by atoms with Crippen molar-refractivity contribution >= 4 is 21.6 Å². The number of hydrogen-bond donors (Lipinski definition) is 0. The molecular weight excluding hydrogens is 320 g/mol. The van der Waals surface area contributed by atoms with Gasteiger partial charge in [0.25, 0.3) is 5.56 Å². The first-order valence-electron chi connectivity index (χ1n) is 8.45. The van der Waals surface area contributed by atoms with Crippen LogP contribution in [-0.2, 0) is 32.9 Å². The maximum absolute atomic E-state index is 13.0. The fraction of sp³-hybridized carbons (Fsp3) is 0.368. The van der Waals surface area contributed by atoms with E-state index in [-0.39, 0.29) is 11.2 Å². The minimum atomic E-state index is -0.206. The van der Waals surface area contributed by atoms with Gasteiger partial charge in [-0.25, -0.2) is 4.79 Å². The molecule has 0 atom stereocenters. The van der Waals surface area contributed by atoms with Gasteiger partial charge in [0.1, 0.15) is 4.83 Å². The molecule has 124 valence electrons. The first-order chi connectivity index (χ1) is 11.7. The molecule has 0 spiro atoms. The molecule has 0 bridgehead atoms. The Morgan fingerprint density at radius 1 is 1.08 bits per heavy atom. The average Bonchev–Trinajstić information content (AvgIpc) is 3.00. The summed E-state index contributed by atoms with van der Waals surface area (Å²) in [5, 5.41) is 0.782. The van der Waals surface area contributed by atoms with Crippen LogP contribution in [0.25, 0.3) is 10.2 Å². The van der Waals surface area contributed by atoms with Gasteiger partial charge in [0.05, 0.1) is 5.39 Å². The van der Waals surface area contributed by atoms with Gasteiger partial charge < -0.3 is 0 Å². The molecule has 4 nitrogen and oxygen atoms in total. The highest BCUT2D eigenvalue weighted by atomic mass is 32.1. The van der Waals surface area contributed by atoms with Gasteiger partial charge in [0.2, 0.25) is 0 Å². The number of aromatic nitrogens is 2. The summed E-state index contributed by atoms with van der Waals surface area (Å²) in [6.45, 7) is 0.427. The van der Waals surface area contributed by atoms with E-state index in [1.54, 1.807) is 23.0 Å². The van der Waals surface area contributed by atoms with Gasteiger partial charge in [-0.2, -0.15) is 0 Å². The molecule has 0 radical (unpaired) electrons. The van der Waals surface area contributed by atoms with Crippen molar-refractivity contribution in [1.29, 1.82) is 0 Å². The Bertz CT molecular complexity index is 1010. The smallest absolute Gasteiger partial charge is 0.287 e. The van der Waals surface area contributed by atoms with Crippen LogP contribution in [0.15, 0.2) is 39.9 Å². The average molecular weight is 340 g/mol. The second-order valence-corrected chi connectivity index (χ2v) is 7.51. The van der Waals surface area contributed by atoms with Crippen LogP contribution in [-0.4, -0.2) is 9.13 Å². The molecule has 1 aromatic carbocycles. The van der Waals surface area contributed by atoms with E-state index < -0.39 is 0 Å². The SMILES string of the molecule is Cn1c(=O)n(CCc2ccccc2)c(=O)c2c3c(sc21)CCCC3. The lowest BCUT2D eigenvalue weighted by molar-refractivity contribution is 0.605. The zero-order chi connectivity index (χ0) is 16.7. The Hall–Kier alpha value is -2.14. The standard InChI is InChI=1S/C19H20N2O2S/c1-20-18-16(14-9-5-6-10-15(14)24-18)17(22)21(19(20)23)12-11-13-7-3-2-4-8-13/h2-4,7-8H,5-6,9-12H2,1H3. The minimum Gasteiger partial charge on any atom is -0.287 e. The van der Waals surface area contributed by atoms with E-state index in [2.05, 4.69) is 0 Å². The second kappa shape index (κ2) is 6.06. The Morgan fingerprint density at radius 3 is 2.62 bits per heavy atom. The largest absolute Gasteiger partial charge is 0.331 e. The highest BCUT2D eigenvalue weighted by molar-refractivity contribution is 7.18. The molecule has 2 heterocycles. The summed E-state index contributed by atoms with van der Waals surface area (Å²) in [7, 11) is 1.78. The highest BCUT2D eigenvalue weighted by Gasteiger charge is 2.22. The summed E-state index contributed by atoms with van der Waals surface area (Å²) < 4.78 is 3.07. The van der Waals surface area contributed by atoms with Gasteiger partial charge in [0.15, 0.2) is 0 Å². The lowest BCUT2D eigenvalue weighted by Crippen LogP contribution is -2.39. The van der Waals surface area contributed by atoms with Gasteiger partial charge in [-0.15, -0.1) is 11.3 Å². The van der Waals surface area contributed by atoms with Crippen molar-refractivity contribution in [3.05, 3.63) is 67.2 Å². The third-order valence-electron chi connectivity index (χ3n) is 4.90. The molecule has 0 aliphatic heterocycles. The molecule has 5 heteroatoms. The van der Waals surface area contributed by atoms with Crippen molar-refractivity contribution in [2.24, 2.45) is 7.05 Å². The van der Waals surface area contributed by atoms with E-state index in [1.165, 1.54) is 21.4 Å². The van der Waals surface area contributed by atoms with Crippen molar-refractivity contribution in [2.75, 3.05) is 0 Å². The number of aryl methyl sites for hydroxylation is 4. The summed E-state index contributed by atoms with van der Waals surface area (Å²) in [5.41, 5.74) is 2.01. The third kappa shape index (κ3) is 2.44. The highest BCUT2D eigenvalue weighted by Crippen LogP contribution is 2.33. The third-order valence-corrected chi connectivity index (χ3v) is 6.27. The fourth-order valence-corrected chi connectivity index (χ4v) is 4.92. The molecule has 0 amide bonds. The van der Waals surface area contributed by atoms with Gasteiger partial charge in [-0.3, -0.25) is 13.9 Å². The molecule has 4 rings (SSSR count). The summed E-state index contributed by atoms with van der Waals surface area (Å²) in [6, 6.07) is 9.99. The van der Waals surface area contributed by atoms with Crippen LogP contribution in [0.1, 0.15) is 28.8 Å². The van der Waals surface area contributed by atoms with Crippen LogP contribution < -0.4 is 11.2 Å². The quantitative estimate of drug-likeness (QED) is 0.736. The zero-order valence-corrected chi connectivity index (χ0v) is 14.6. The number of fused-ring (bicyclic) bond motifs is 3. The fourth-order valence-electron chi connectivity index (χ4n) is 3.58. The predicted octanol–water partition coefficient (Wildman–Crippen LogP) is 2.88. The van der Waals surface area contributed by atoms with Crippen molar-refractivity contribution in [1.82, 2.24) is 9.13 Å². The van der Waals surface area contributed by atoms with E-state index >= 15 is 0 Å². The lowest BCUT2D eigenvalue weighted by Gasteiger charge is -2.11. The predicted molar refractivity (Wildman–Crippen MR) is 98.1 cm³/mol. The van der Waals surface area contributed by atoms with Gasteiger partial charge in [-0.05, 0) is 43.2 Å². The van der Waals surface area contributed by atoms with Crippen molar-refractivity contribution in [3.8, 4) is 0 Å². The van der Waals surface area contributed by atoms with Crippen LogP contribution >= 0.6 is 11.3 Å². The molecule has 0 fully saturated rings. The Balaban J connectivity index is 1.84. The number of nitrogens with zero attached hydrogens (tertiary/aromatic N) is 2. The first kappa shape index (κ1) is 15.4. The summed E-state index contributed by atoms with van der Waals surface area (Å²) in [4.78, 5) is 27.8. The molecule has 0 unspecified atom stereocenters. The second-order valence-electron chi connectivity index (χ2n) is 6.43. The number of thiophene rings is 1. The van der Waals surface area contributed by atoms with Crippen LogP contribution in [0.2, 0.25) is 0 Å². The minimum absolute atomic E-state index is 0.108. The molecule has 0 saturated heterocycles. The van der Waals surface area contributed by atoms with Crippen molar-refractivity contribution < 1.29 is 0 Å². The molecule has 0 N–H and O–H groups in total. The van der Waals surface area contributed by atoms with Gasteiger partial charge >= 0.3 is 5.69 Å². The van der Waals surface area contributed by atoms with E-state index in [1.807, 2.05) is 30.3 Å². The number of rotatable bonds is 3. The zero-order valence-electron chi connectivity index (χ0n) is 13.7. The Morgan fingerprint density at radius 2 is 1.83 bits per heavy atom. The molecule has 0 saturated carbocycles. The maximum atomic E-state index is 13.0. The van der Waals surface area contributed by atoms with E-state index in [9.17, 15) is 9.59 Å². The van der Waals surface area contributed by atoms with E-state index in [0.29, 0.717) is 13.0 Å². The monoisotopic (exact) mass is 340 g/mol. The normalized spacial score (nSPS) is 14.0. The van der Waals surface area contributed by atoms with Crippen molar-refractivity contribution in [3.63, 3.8) is 0 Å². The van der Waals surface area contributed by atoms with Gasteiger partial charge in [0, 0.05) is 18.5 Å². The summed E-state index contributed by atoms with van der Waals surface area (Å²) >= 11 is 1.63. The summed E-state index contributed by atoms with van der Waals surface area (Å²) in [6.07, 6.45) is 4.99. The molecule has 3 aromatic rings. The van der Waals surface area contributed by atoms with Crippen LogP contribution in [0, 0.1) is 0 Å². The van der Waals surface area contributed by atoms with Crippen LogP contribution in [0.3, 0.4) is 0 Å².